The summed E-state index contributed by atoms with van der Waals surface area (Å²) in [6, 6.07) is 19.0. The maximum atomic E-state index is 13.7. The van der Waals surface area contributed by atoms with Crippen molar-refractivity contribution in [3.05, 3.63) is 92.7 Å². The molecule has 6 nitrogen and oxygen atoms in total. The summed E-state index contributed by atoms with van der Waals surface area (Å²) in [5.41, 5.74) is 3.20. The minimum atomic E-state index is -2.40. The fourth-order valence-corrected chi connectivity index (χ4v) is 9.20. The quantitative estimate of drug-likeness (QED) is 0.197. The van der Waals surface area contributed by atoms with Crippen molar-refractivity contribution in [1.29, 1.82) is 0 Å². The van der Waals surface area contributed by atoms with E-state index in [1.807, 2.05) is 60.7 Å². The summed E-state index contributed by atoms with van der Waals surface area (Å²) >= 11 is -0.824. The molecule has 2 heterocycles. The van der Waals surface area contributed by atoms with Crippen LogP contribution in [0.15, 0.2) is 81.6 Å². The average Bonchev–Trinajstić information content (AvgIpc) is 2.84. The molecule has 2 aromatic rings. The van der Waals surface area contributed by atoms with Crippen LogP contribution in [0.25, 0.3) is 0 Å². The molecule has 0 radical (unpaired) electrons. The number of nitrogens with zero attached hydrogens (tertiary/aromatic N) is 1. The first-order chi connectivity index (χ1) is 16.7. The molecule has 0 aliphatic carbocycles. The van der Waals surface area contributed by atoms with Crippen molar-refractivity contribution in [3.8, 4) is 0 Å². The van der Waals surface area contributed by atoms with Gasteiger partial charge in [0.15, 0.2) is 0 Å². The summed E-state index contributed by atoms with van der Waals surface area (Å²) in [6.45, 7) is 1.27. The first-order valence-corrected chi connectivity index (χ1v) is 22.8. The minimum absolute atomic E-state index is 0.0534. The molecule has 35 heavy (non-hydrogen) atoms. The molecular formula is C27H29NO5SSn. The molecule has 182 valence electrons. The van der Waals surface area contributed by atoms with E-state index in [9.17, 15) is 14.4 Å². The van der Waals surface area contributed by atoms with Gasteiger partial charge in [-0.2, -0.15) is 0 Å². The van der Waals surface area contributed by atoms with Crippen molar-refractivity contribution in [2.45, 2.75) is 33.2 Å². The summed E-state index contributed by atoms with van der Waals surface area (Å²) < 4.78 is 13.5. The summed E-state index contributed by atoms with van der Waals surface area (Å²) in [5.74, 6) is -0.732. The Bertz CT molecular complexity index is 1150. The molecule has 0 bridgehead atoms. The second kappa shape index (κ2) is 10.6. The average molecular weight is 598 g/mol. The monoisotopic (exact) mass is 599 g/mol. The van der Waals surface area contributed by atoms with Crippen LogP contribution < -0.4 is 0 Å². The van der Waals surface area contributed by atoms with E-state index in [0.29, 0.717) is 11.3 Å². The Kier molecular flexibility index (Phi) is 7.76. The van der Waals surface area contributed by atoms with Crippen LogP contribution >= 0.6 is 11.8 Å². The molecule has 0 N–H and O–H groups in total. The Morgan fingerprint density at radius 1 is 1.06 bits per heavy atom. The molecule has 2 aliphatic rings. The van der Waals surface area contributed by atoms with Gasteiger partial charge in [0.05, 0.1) is 0 Å². The van der Waals surface area contributed by atoms with Crippen molar-refractivity contribution in [3.63, 3.8) is 0 Å². The Labute approximate surface area is 214 Å². The number of benzene rings is 2. The maximum absolute atomic E-state index is 13.7. The number of β-lactam (4-membered cyclic amide) rings is 1. The van der Waals surface area contributed by atoms with Gasteiger partial charge in [0.25, 0.3) is 0 Å². The van der Waals surface area contributed by atoms with E-state index in [4.69, 9.17) is 9.47 Å². The fourth-order valence-electron chi connectivity index (χ4n) is 4.11. The first kappa shape index (κ1) is 25.6. The molecule has 1 saturated heterocycles. The fraction of sp³-hybridized carbons (Fsp3) is 0.296. The van der Waals surface area contributed by atoms with E-state index in [0.717, 1.165) is 16.7 Å². The van der Waals surface area contributed by atoms with Gasteiger partial charge in [-0.05, 0) is 0 Å². The molecule has 0 aromatic heterocycles. The normalized spacial score (nSPS) is 18.9. The molecule has 8 heteroatoms. The molecule has 0 spiro atoms. The SMILES string of the molecule is CC(=O)OCC1=C(C(=O)OC(c2ccccc2)c2ccccc2)N2C(=O)/C(=[CH]\[Sn]([CH3])([CH3])[CH3])[C@H]2SC1. The third kappa shape index (κ3) is 5.83. The Morgan fingerprint density at radius 2 is 1.63 bits per heavy atom. The molecular weight excluding hydrogens is 569 g/mol. The van der Waals surface area contributed by atoms with Gasteiger partial charge in [-0.15, -0.1) is 0 Å². The summed E-state index contributed by atoms with van der Waals surface area (Å²) in [4.78, 5) is 46.7. The molecule has 4 rings (SSSR count). The number of rotatable bonds is 7. The molecule has 1 amide bonds. The number of fused-ring (bicyclic) bond motifs is 1. The first-order valence-electron chi connectivity index (χ1n) is 11.5. The van der Waals surface area contributed by atoms with Crippen LogP contribution in [0.2, 0.25) is 14.8 Å². The van der Waals surface area contributed by atoms with Crippen LogP contribution in [-0.2, 0) is 23.9 Å². The van der Waals surface area contributed by atoms with Crippen molar-refractivity contribution < 1.29 is 23.9 Å². The molecule has 1 atom stereocenters. The summed E-state index contributed by atoms with van der Waals surface area (Å²) in [6.07, 6.45) is -0.641. The van der Waals surface area contributed by atoms with Gasteiger partial charge in [-0.1, -0.05) is 0 Å². The van der Waals surface area contributed by atoms with Crippen LogP contribution in [-0.4, -0.2) is 58.9 Å². The van der Waals surface area contributed by atoms with E-state index >= 15 is 0 Å². The topological polar surface area (TPSA) is 72.9 Å². The van der Waals surface area contributed by atoms with Crippen LogP contribution in [0.4, 0.5) is 0 Å². The zero-order valence-electron chi connectivity index (χ0n) is 20.3. The number of thioether (sulfide) groups is 1. The van der Waals surface area contributed by atoms with E-state index in [1.54, 1.807) is 11.8 Å². The molecule has 2 aliphatic heterocycles. The summed E-state index contributed by atoms with van der Waals surface area (Å²) in [5, 5.41) is -0.214. The number of ether oxygens (including phenoxy) is 2. The van der Waals surface area contributed by atoms with Gasteiger partial charge in [0.1, 0.15) is 0 Å². The number of hydrogen-bond acceptors (Lipinski definition) is 6. The number of esters is 2. The number of carbonyl (C=O) groups is 3. The number of hydrogen-bond donors (Lipinski definition) is 0. The Morgan fingerprint density at radius 3 is 2.14 bits per heavy atom. The van der Waals surface area contributed by atoms with Crippen LogP contribution in [0.3, 0.4) is 0 Å². The zero-order chi connectivity index (χ0) is 25.2. The molecule has 0 unspecified atom stereocenters. The molecule has 0 saturated carbocycles. The van der Waals surface area contributed by atoms with Crippen molar-refractivity contribution in [1.82, 2.24) is 4.90 Å². The zero-order valence-corrected chi connectivity index (χ0v) is 24.0. The third-order valence-electron chi connectivity index (χ3n) is 5.62. The van der Waals surface area contributed by atoms with Crippen molar-refractivity contribution in [2.24, 2.45) is 0 Å². The van der Waals surface area contributed by atoms with Crippen LogP contribution in [0, 0.1) is 0 Å². The predicted molar refractivity (Wildman–Crippen MR) is 139 cm³/mol. The molecule has 1 fully saturated rings. The van der Waals surface area contributed by atoms with Gasteiger partial charge in [0, 0.05) is 0 Å². The van der Waals surface area contributed by atoms with Crippen molar-refractivity contribution >= 4 is 48.0 Å². The van der Waals surface area contributed by atoms with E-state index in [1.165, 1.54) is 11.8 Å². The van der Waals surface area contributed by atoms with Gasteiger partial charge in [-0.3, -0.25) is 0 Å². The number of amides is 1. The van der Waals surface area contributed by atoms with Gasteiger partial charge in [0.2, 0.25) is 0 Å². The van der Waals surface area contributed by atoms with E-state index in [-0.39, 0.29) is 23.6 Å². The van der Waals surface area contributed by atoms with Crippen LogP contribution in [0.5, 0.6) is 0 Å². The summed E-state index contributed by atoms with van der Waals surface area (Å²) in [7, 11) is 0. The van der Waals surface area contributed by atoms with Gasteiger partial charge in [-0.25, -0.2) is 0 Å². The van der Waals surface area contributed by atoms with Crippen LogP contribution in [0.1, 0.15) is 24.2 Å². The third-order valence-corrected chi connectivity index (χ3v) is 10.3. The van der Waals surface area contributed by atoms with E-state index in [2.05, 4.69) is 18.9 Å². The Hall–Kier alpha value is -2.52. The predicted octanol–water partition coefficient (Wildman–Crippen LogP) is 4.86. The second-order valence-corrected chi connectivity index (χ2v) is 25.0. The van der Waals surface area contributed by atoms with E-state index < -0.39 is 36.4 Å². The van der Waals surface area contributed by atoms with Crippen molar-refractivity contribution in [2.75, 3.05) is 12.4 Å². The van der Waals surface area contributed by atoms with Gasteiger partial charge >= 0.3 is 215 Å². The second-order valence-electron chi connectivity index (χ2n) is 9.64. The standard InChI is InChI=1S/C24H20NO5S.3CH3.Sn/c1-15-22(27)25-20(19(13-29-16(2)26)14-31-23(15)25)24(28)30-21(17-9-5-3-6-10-17)18-11-7-4-8-12-18;;;;/h1,3-12,21,23H,13-14H2,2H3;3*1H3;/t23-;;;;/m1..../s1. The number of carbonyl (C=O) groups excluding carboxylic acids is 3. The molecule has 2 aromatic carbocycles. The van der Waals surface area contributed by atoms with Gasteiger partial charge < -0.3 is 0 Å². The Balaban J connectivity index is 1.70.